The van der Waals surface area contributed by atoms with Gasteiger partial charge in [-0.05, 0) is 20.3 Å². The Morgan fingerprint density at radius 1 is 1.35 bits per heavy atom. The summed E-state index contributed by atoms with van der Waals surface area (Å²) in [4.78, 5) is 13.4. The minimum Gasteiger partial charge on any atom is -0.378 e. The van der Waals surface area contributed by atoms with Gasteiger partial charge in [-0.1, -0.05) is 0 Å². The van der Waals surface area contributed by atoms with Gasteiger partial charge in [0.1, 0.15) is 17.5 Å². The van der Waals surface area contributed by atoms with Gasteiger partial charge < -0.3 is 14.5 Å². The van der Waals surface area contributed by atoms with Crippen LogP contribution >= 0.6 is 0 Å². The number of aromatic nitrogens is 2. The Balaban J connectivity index is 1.86. The van der Waals surface area contributed by atoms with Crippen LogP contribution in [0, 0.1) is 6.92 Å². The SMILES string of the molecule is CCN(c1cc(N2CCOCC2)nc(C)n1)C1CCS(=O)(=O)C1. The van der Waals surface area contributed by atoms with E-state index in [9.17, 15) is 8.42 Å². The van der Waals surface area contributed by atoms with Gasteiger partial charge >= 0.3 is 0 Å². The summed E-state index contributed by atoms with van der Waals surface area (Å²) in [6.45, 7) is 7.70. The Kier molecular flexibility index (Phi) is 4.72. The summed E-state index contributed by atoms with van der Waals surface area (Å²) < 4.78 is 29.0. The molecule has 1 unspecified atom stereocenters. The second kappa shape index (κ2) is 6.60. The third kappa shape index (κ3) is 3.74. The average Bonchev–Trinajstić information content (AvgIpc) is 2.88. The summed E-state index contributed by atoms with van der Waals surface area (Å²) in [5.74, 6) is 2.92. The van der Waals surface area contributed by atoms with Crippen molar-refractivity contribution < 1.29 is 13.2 Å². The highest BCUT2D eigenvalue weighted by molar-refractivity contribution is 7.91. The monoisotopic (exact) mass is 340 g/mol. The third-order valence-electron chi connectivity index (χ3n) is 4.43. The first-order chi connectivity index (χ1) is 11.0. The maximum absolute atomic E-state index is 11.8. The van der Waals surface area contributed by atoms with Crippen LogP contribution in [-0.4, -0.2) is 68.8 Å². The lowest BCUT2D eigenvalue weighted by atomic mass is 10.2. The van der Waals surface area contributed by atoms with Crippen LogP contribution < -0.4 is 9.80 Å². The zero-order valence-corrected chi connectivity index (χ0v) is 14.5. The van der Waals surface area contributed by atoms with Crippen molar-refractivity contribution in [1.82, 2.24) is 9.97 Å². The van der Waals surface area contributed by atoms with Crippen molar-refractivity contribution in [2.24, 2.45) is 0 Å². The molecule has 0 radical (unpaired) electrons. The van der Waals surface area contributed by atoms with Crippen molar-refractivity contribution in [3.63, 3.8) is 0 Å². The average molecular weight is 340 g/mol. The molecule has 1 aromatic rings. The van der Waals surface area contributed by atoms with E-state index in [4.69, 9.17) is 4.74 Å². The molecule has 2 aliphatic rings. The van der Waals surface area contributed by atoms with Crippen LogP contribution in [0.1, 0.15) is 19.2 Å². The first kappa shape index (κ1) is 16.4. The van der Waals surface area contributed by atoms with Gasteiger partial charge in [-0.15, -0.1) is 0 Å². The lowest BCUT2D eigenvalue weighted by Gasteiger charge is -2.31. The molecule has 128 valence electrons. The number of sulfone groups is 1. The number of anilines is 2. The summed E-state index contributed by atoms with van der Waals surface area (Å²) >= 11 is 0. The molecule has 1 atom stereocenters. The van der Waals surface area contributed by atoms with Crippen LogP contribution in [-0.2, 0) is 14.6 Å². The van der Waals surface area contributed by atoms with Crippen LogP contribution in [0.4, 0.5) is 11.6 Å². The predicted molar refractivity (Wildman–Crippen MR) is 89.9 cm³/mol. The Labute approximate surface area is 137 Å². The highest BCUT2D eigenvalue weighted by Gasteiger charge is 2.32. The van der Waals surface area contributed by atoms with Crippen LogP contribution in [0.2, 0.25) is 0 Å². The second-order valence-electron chi connectivity index (χ2n) is 6.07. The van der Waals surface area contributed by atoms with E-state index in [2.05, 4.69) is 19.8 Å². The van der Waals surface area contributed by atoms with E-state index in [1.165, 1.54) is 0 Å². The quantitative estimate of drug-likeness (QED) is 0.796. The number of ether oxygens (including phenoxy) is 1. The predicted octanol–water partition coefficient (Wildman–Crippen LogP) is 0.635. The van der Waals surface area contributed by atoms with E-state index in [-0.39, 0.29) is 17.5 Å². The molecule has 7 nitrogen and oxygen atoms in total. The normalized spacial score (nSPS) is 23.9. The Morgan fingerprint density at radius 3 is 2.70 bits per heavy atom. The number of hydrogen-bond donors (Lipinski definition) is 0. The van der Waals surface area contributed by atoms with Gasteiger partial charge in [0.25, 0.3) is 0 Å². The van der Waals surface area contributed by atoms with Gasteiger partial charge in [0.2, 0.25) is 0 Å². The standard InChI is InChI=1S/C15H24N4O3S/c1-3-19(13-4-9-23(20,21)11-13)15-10-14(16-12(2)17-15)18-5-7-22-8-6-18/h10,13H,3-9,11H2,1-2H3. The van der Waals surface area contributed by atoms with E-state index in [1.807, 2.05) is 19.9 Å². The highest BCUT2D eigenvalue weighted by atomic mass is 32.2. The van der Waals surface area contributed by atoms with E-state index in [0.717, 1.165) is 31.3 Å². The third-order valence-corrected chi connectivity index (χ3v) is 6.18. The number of rotatable bonds is 4. The molecule has 2 saturated heterocycles. The van der Waals surface area contributed by atoms with E-state index < -0.39 is 9.84 Å². The lowest BCUT2D eigenvalue weighted by molar-refractivity contribution is 0.122. The molecule has 3 heterocycles. The fourth-order valence-corrected chi connectivity index (χ4v) is 5.00. The largest absolute Gasteiger partial charge is 0.378 e. The zero-order chi connectivity index (χ0) is 16.4. The Morgan fingerprint density at radius 2 is 2.09 bits per heavy atom. The van der Waals surface area contributed by atoms with E-state index >= 15 is 0 Å². The molecule has 0 amide bonds. The maximum Gasteiger partial charge on any atom is 0.152 e. The summed E-state index contributed by atoms with van der Waals surface area (Å²) in [5.41, 5.74) is 0. The maximum atomic E-state index is 11.8. The first-order valence-corrected chi connectivity index (χ1v) is 9.96. The summed E-state index contributed by atoms with van der Waals surface area (Å²) in [6.07, 6.45) is 0.673. The molecule has 23 heavy (non-hydrogen) atoms. The lowest BCUT2D eigenvalue weighted by Crippen LogP contribution is -2.39. The molecule has 0 N–H and O–H groups in total. The van der Waals surface area contributed by atoms with Crippen molar-refractivity contribution in [1.29, 1.82) is 0 Å². The van der Waals surface area contributed by atoms with Crippen molar-refractivity contribution in [3.8, 4) is 0 Å². The topological polar surface area (TPSA) is 75.6 Å². The van der Waals surface area contributed by atoms with Crippen molar-refractivity contribution in [2.75, 3.05) is 54.2 Å². The Hall–Kier alpha value is -1.41. The fourth-order valence-electron chi connectivity index (χ4n) is 3.27. The summed E-state index contributed by atoms with van der Waals surface area (Å²) in [7, 11) is -2.91. The molecular formula is C15H24N4O3S. The molecule has 2 fully saturated rings. The van der Waals surface area contributed by atoms with Crippen molar-refractivity contribution >= 4 is 21.5 Å². The zero-order valence-electron chi connectivity index (χ0n) is 13.7. The molecular weight excluding hydrogens is 316 g/mol. The van der Waals surface area contributed by atoms with Crippen LogP contribution in [0.15, 0.2) is 6.07 Å². The van der Waals surface area contributed by atoms with Gasteiger partial charge in [-0.2, -0.15) is 0 Å². The minimum absolute atomic E-state index is 0.0110. The molecule has 0 bridgehead atoms. The van der Waals surface area contributed by atoms with Crippen LogP contribution in [0.5, 0.6) is 0 Å². The van der Waals surface area contributed by atoms with Gasteiger partial charge in [-0.25, -0.2) is 18.4 Å². The van der Waals surface area contributed by atoms with Crippen molar-refractivity contribution in [2.45, 2.75) is 26.3 Å². The highest BCUT2D eigenvalue weighted by Crippen LogP contribution is 2.26. The first-order valence-electron chi connectivity index (χ1n) is 8.14. The molecule has 8 heteroatoms. The fraction of sp³-hybridized carbons (Fsp3) is 0.733. The van der Waals surface area contributed by atoms with Crippen molar-refractivity contribution in [3.05, 3.63) is 11.9 Å². The van der Waals surface area contributed by atoms with E-state index in [0.29, 0.717) is 25.5 Å². The summed E-state index contributed by atoms with van der Waals surface area (Å²) in [5, 5.41) is 0. The minimum atomic E-state index is -2.91. The number of aryl methyl sites for hydroxylation is 1. The van der Waals surface area contributed by atoms with E-state index in [1.54, 1.807) is 0 Å². The molecule has 1 aromatic heterocycles. The second-order valence-corrected chi connectivity index (χ2v) is 8.30. The molecule has 3 rings (SSSR count). The van der Waals surface area contributed by atoms with Gasteiger partial charge in [0.15, 0.2) is 9.84 Å². The molecule has 0 aromatic carbocycles. The smallest absolute Gasteiger partial charge is 0.152 e. The summed E-state index contributed by atoms with van der Waals surface area (Å²) in [6, 6.07) is 1.99. The number of hydrogen-bond acceptors (Lipinski definition) is 7. The van der Waals surface area contributed by atoms with Gasteiger partial charge in [0, 0.05) is 31.7 Å². The molecule has 2 aliphatic heterocycles. The number of nitrogens with zero attached hydrogens (tertiary/aromatic N) is 4. The van der Waals surface area contributed by atoms with Gasteiger partial charge in [-0.3, -0.25) is 0 Å². The molecule has 0 aliphatic carbocycles. The van der Waals surface area contributed by atoms with Crippen LogP contribution in [0.25, 0.3) is 0 Å². The molecule has 0 spiro atoms. The Bertz CT molecular complexity index is 659. The van der Waals surface area contributed by atoms with Crippen LogP contribution in [0.3, 0.4) is 0 Å². The van der Waals surface area contributed by atoms with Gasteiger partial charge in [0.05, 0.1) is 24.7 Å². The molecule has 0 saturated carbocycles. The number of morpholine rings is 1.